The molecule has 1 N–H and O–H groups in total. The Bertz CT molecular complexity index is 808. The Labute approximate surface area is 176 Å². The van der Waals surface area contributed by atoms with Gasteiger partial charge in [0.05, 0.1) is 41.7 Å². The minimum Gasteiger partial charge on any atom is -0.493 e. The Morgan fingerprint density at radius 2 is 2.22 bits per heavy atom. The third kappa shape index (κ3) is 6.65. The number of thiazole rings is 1. The van der Waals surface area contributed by atoms with Crippen LogP contribution in [0.15, 0.2) is 22.6 Å². The van der Waals surface area contributed by atoms with Gasteiger partial charge in [-0.2, -0.15) is 5.10 Å². The maximum Gasteiger partial charge on any atom is 0.311 e. The van der Waals surface area contributed by atoms with Crippen LogP contribution in [0.3, 0.4) is 0 Å². The van der Waals surface area contributed by atoms with Gasteiger partial charge in [-0.1, -0.05) is 0 Å². The van der Waals surface area contributed by atoms with E-state index in [9.17, 15) is 4.79 Å². The molecule has 0 radical (unpaired) electrons. The first-order valence-corrected chi connectivity index (χ1v) is 10.3. The quantitative estimate of drug-likeness (QED) is 0.240. The normalized spacial score (nSPS) is 11.0. The van der Waals surface area contributed by atoms with Gasteiger partial charge in [0.2, 0.25) is 5.13 Å². The molecule has 146 valence electrons. The number of carbonyl (C=O) groups is 1. The van der Waals surface area contributed by atoms with Gasteiger partial charge >= 0.3 is 5.97 Å². The predicted molar refractivity (Wildman–Crippen MR) is 115 cm³/mol. The molecule has 1 heterocycles. The van der Waals surface area contributed by atoms with Crippen LogP contribution in [0.5, 0.6) is 11.5 Å². The standard InChI is InChI=1S/C18H22IN3O4S/c1-5-25-16(23)8-13-10-27-18(21-13)22-20-9-12-6-14(19)17(26-11(2)3)15(7-12)24-4/h6-7,9-11H,5,8H2,1-4H3,(H,21,22). The second-order valence-corrected chi connectivity index (χ2v) is 7.72. The van der Waals surface area contributed by atoms with E-state index in [1.807, 2.05) is 26.0 Å². The van der Waals surface area contributed by atoms with Crippen molar-refractivity contribution in [2.24, 2.45) is 5.10 Å². The molecule has 0 amide bonds. The molecule has 0 aliphatic carbocycles. The number of hydrazone groups is 1. The fraction of sp³-hybridized carbons (Fsp3) is 0.389. The minimum atomic E-state index is -0.289. The summed E-state index contributed by atoms with van der Waals surface area (Å²) in [7, 11) is 1.61. The third-order valence-corrected chi connectivity index (χ3v) is 4.76. The van der Waals surface area contributed by atoms with Gasteiger partial charge in [0.25, 0.3) is 0 Å². The number of nitrogens with zero attached hydrogens (tertiary/aromatic N) is 2. The summed E-state index contributed by atoms with van der Waals surface area (Å²) >= 11 is 3.59. The van der Waals surface area contributed by atoms with Crippen molar-refractivity contribution < 1.29 is 19.0 Å². The van der Waals surface area contributed by atoms with E-state index in [0.29, 0.717) is 23.2 Å². The van der Waals surface area contributed by atoms with Gasteiger partial charge in [0.15, 0.2) is 11.5 Å². The van der Waals surface area contributed by atoms with E-state index >= 15 is 0 Å². The SMILES string of the molecule is CCOC(=O)Cc1csc(NN=Cc2cc(I)c(OC(C)C)c(OC)c2)n1. The molecule has 0 saturated carbocycles. The van der Waals surface area contributed by atoms with Gasteiger partial charge < -0.3 is 14.2 Å². The fourth-order valence-electron chi connectivity index (χ4n) is 2.13. The molecule has 0 aliphatic rings. The van der Waals surface area contributed by atoms with Gasteiger partial charge in [-0.3, -0.25) is 10.2 Å². The van der Waals surface area contributed by atoms with Crippen LogP contribution in [0.4, 0.5) is 5.13 Å². The first-order chi connectivity index (χ1) is 12.9. The van der Waals surface area contributed by atoms with Crippen LogP contribution < -0.4 is 14.9 Å². The van der Waals surface area contributed by atoms with E-state index in [1.54, 1.807) is 25.6 Å². The van der Waals surface area contributed by atoms with E-state index in [-0.39, 0.29) is 18.5 Å². The van der Waals surface area contributed by atoms with Crippen molar-refractivity contribution in [1.82, 2.24) is 4.98 Å². The van der Waals surface area contributed by atoms with E-state index in [2.05, 4.69) is 38.1 Å². The molecule has 0 spiro atoms. The molecule has 27 heavy (non-hydrogen) atoms. The number of anilines is 1. The lowest BCUT2D eigenvalue weighted by Gasteiger charge is -2.15. The number of hydrogen-bond donors (Lipinski definition) is 1. The molecule has 0 bridgehead atoms. The van der Waals surface area contributed by atoms with Gasteiger partial charge in [-0.15, -0.1) is 11.3 Å². The van der Waals surface area contributed by atoms with Gasteiger partial charge in [0, 0.05) is 5.38 Å². The van der Waals surface area contributed by atoms with Crippen molar-refractivity contribution in [1.29, 1.82) is 0 Å². The topological polar surface area (TPSA) is 82.0 Å². The van der Waals surface area contributed by atoms with Crippen LogP contribution in [0.25, 0.3) is 0 Å². The van der Waals surface area contributed by atoms with Crippen molar-refractivity contribution in [2.45, 2.75) is 33.3 Å². The molecule has 0 unspecified atom stereocenters. The van der Waals surface area contributed by atoms with E-state index in [4.69, 9.17) is 14.2 Å². The summed E-state index contributed by atoms with van der Waals surface area (Å²) in [5, 5.41) is 6.61. The molecular weight excluding hydrogens is 481 g/mol. The summed E-state index contributed by atoms with van der Waals surface area (Å²) in [5.74, 6) is 1.09. The highest BCUT2D eigenvalue weighted by molar-refractivity contribution is 14.1. The number of nitrogens with one attached hydrogen (secondary N) is 1. The highest BCUT2D eigenvalue weighted by Gasteiger charge is 2.12. The second-order valence-electron chi connectivity index (χ2n) is 5.70. The first kappa shape index (κ1) is 21.4. The molecule has 1 aromatic heterocycles. The van der Waals surface area contributed by atoms with Crippen LogP contribution >= 0.6 is 33.9 Å². The van der Waals surface area contributed by atoms with E-state index < -0.39 is 0 Å². The lowest BCUT2D eigenvalue weighted by Crippen LogP contribution is -2.08. The van der Waals surface area contributed by atoms with Crippen molar-refractivity contribution in [3.63, 3.8) is 0 Å². The highest BCUT2D eigenvalue weighted by atomic mass is 127. The third-order valence-electron chi connectivity index (χ3n) is 3.16. The van der Waals surface area contributed by atoms with Crippen molar-refractivity contribution >= 4 is 51.2 Å². The molecule has 2 aromatic rings. The maximum atomic E-state index is 11.5. The number of benzene rings is 1. The zero-order chi connectivity index (χ0) is 19.8. The van der Waals surface area contributed by atoms with Crippen LogP contribution in [0.1, 0.15) is 32.0 Å². The van der Waals surface area contributed by atoms with Crippen LogP contribution in [0, 0.1) is 3.57 Å². The molecule has 2 rings (SSSR count). The number of halogens is 1. The van der Waals surface area contributed by atoms with E-state index in [1.165, 1.54) is 11.3 Å². The fourth-order valence-corrected chi connectivity index (χ4v) is 3.54. The minimum absolute atomic E-state index is 0.0577. The number of aromatic nitrogens is 1. The van der Waals surface area contributed by atoms with E-state index in [0.717, 1.165) is 14.9 Å². The molecule has 1 aromatic carbocycles. The second kappa shape index (κ2) is 10.5. The monoisotopic (exact) mass is 503 g/mol. The number of carbonyl (C=O) groups excluding carboxylic acids is 1. The molecular formula is C18H22IN3O4S. The first-order valence-electron chi connectivity index (χ1n) is 8.36. The Balaban J connectivity index is 2.03. The molecule has 0 saturated heterocycles. The van der Waals surface area contributed by atoms with Gasteiger partial charge in [-0.05, 0) is 61.1 Å². The van der Waals surface area contributed by atoms with Gasteiger partial charge in [-0.25, -0.2) is 4.98 Å². The zero-order valence-electron chi connectivity index (χ0n) is 15.6. The van der Waals surface area contributed by atoms with Crippen LogP contribution in [0.2, 0.25) is 0 Å². The number of ether oxygens (including phenoxy) is 3. The average Bonchev–Trinajstić information content (AvgIpc) is 3.04. The Morgan fingerprint density at radius 3 is 2.89 bits per heavy atom. The number of rotatable bonds is 9. The van der Waals surface area contributed by atoms with Crippen LogP contribution in [-0.2, 0) is 16.0 Å². The van der Waals surface area contributed by atoms with Crippen molar-refractivity contribution in [3.8, 4) is 11.5 Å². The molecule has 7 nitrogen and oxygen atoms in total. The van der Waals surface area contributed by atoms with Crippen LogP contribution in [-0.4, -0.2) is 37.0 Å². The number of esters is 1. The lowest BCUT2D eigenvalue weighted by atomic mass is 10.2. The molecule has 0 atom stereocenters. The highest BCUT2D eigenvalue weighted by Crippen LogP contribution is 2.34. The summed E-state index contributed by atoms with van der Waals surface area (Å²) in [6, 6.07) is 3.82. The summed E-state index contributed by atoms with van der Waals surface area (Å²) in [6.07, 6.45) is 1.89. The summed E-state index contributed by atoms with van der Waals surface area (Å²) in [5.41, 5.74) is 4.39. The smallest absolute Gasteiger partial charge is 0.311 e. The van der Waals surface area contributed by atoms with Crippen molar-refractivity contribution in [2.75, 3.05) is 19.1 Å². The van der Waals surface area contributed by atoms with Crippen molar-refractivity contribution in [3.05, 3.63) is 32.3 Å². The number of hydrogen-bond acceptors (Lipinski definition) is 8. The summed E-state index contributed by atoms with van der Waals surface area (Å²) < 4.78 is 17.1. The molecule has 0 aliphatic heterocycles. The largest absolute Gasteiger partial charge is 0.493 e. The summed E-state index contributed by atoms with van der Waals surface area (Å²) in [4.78, 5) is 15.8. The molecule has 0 fully saturated rings. The number of methoxy groups -OCH3 is 1. The predicted octanol–water partition coefficient (Wildman–Crippen LogP) is 4.10. The maximum absolute atomic E-state index is 11.5. The zero-order valence-corrected chi connectivity index (χ0v) is 18.6. The lowest BCUT2D eigenvalue weighted by molar-refractivity contribution is -0.142. The van der Waals surface area contributed by atoms with Gasteiger partial charge in [0.1, 0.15) is 0 Å². The summed E-state index contributed by atoms with van der Waals surface area (Å²) in [6.45, 7) is 6.08. The Morgan fingerprint density at radius 1 is 1.44 bits per heavy atom. The Hall–Kier alpha value is -1.88. The molecule has 9 heteroatoms. The average molecular weight is 503 g/mol. The Kier molecular flexibility index (Phi) is 8.29.